The Bertz CT molecular complexity index is 599. The minimum absolute atomic E-state index is 0.322. The maximum absolute atomic E-state index is 14.7. The Morgan fingerprint density at radius 1 is 1.41 bits per heavy atom. The molecule has 0 bridgehead atoms. The van der Waals surface area contributed by atoms with Gasteiger partial charge >= 0.3 is 5.97 Å². The number of nitrogens with zero attached hydrogens (tertiary/aromatic N) is 1. The molecule has 1 aromatic carbocycles. The second-order valence-corrected chi connectivity index (χ2v) is 6.26. The first-order chi connectivity index (χ1) is 10.3. The van der Waals surface area contributed by atoms with Crippen LogP contribution in [-0.2, 0) is 15.2 Å². The highest BCUT2D eigenvalue weighted by Gasteiger charge is 2.41. The van der Waals surface area contributed by atoms with Gasteiger partial charge in [-0.25, -0.2) is 13.6 Å². The van der Waals surface area contributed by atoms with Gasteiger partial charge < -0.3 is 4.74 Å². The molecule has 1 saturated carbocycles. The van der Waals surface area contributed by atoms with Crippen molar-refractivity contribution in [3.05, 3.63) is 35.6 Å². The second kappa shape index (κ2) is 6.04. The van der Waals surface area contributed by atoms with E-state index in [4.69, 9.17) is 10.00 Å². The lowest BCUT2D eigenvalue weighted by molar-refractivity contribution is -0.165. The average molecular weight is 307 g/mol. The maximum Gasteiger partial charge on any atom is 0.348 e. The number of hydrogen-bond acceptors (Lipinski definition) is 3. The SMILES string of the molecule is CC1(C#N)CCC(OC(=O)C(C)(F)c2ccccc2F)CC1. The van der Waals surface area contributed by atoms with Crippen LogP contribution in [-0.4, -0.2) is 12.1 Å². The third-order valence-electron chi connectivity index (χ3n) is 4.34. The Kier molecular flexibility index (Phi) is 4.50. The molecule has 1 unspecified atom stereocenters. The van der Waals surface area contributed by atoms with E-state index >= 15 is 0 Å². The van der Waals surface area contributed by atoms with E-state index in [9.17, 15) is 13.6 Å². The van der Waals surface area contributed by atoms with Gasteiger partial charge in [0, 0.05) is 5.56 Å². The summed E-state index contributed by atoms with van der Waals surface area (Å²) in [4.78, 5) is 12.1. The zero-order chi connectivity index (χ0) is 16.4. The van der Waals surface area contributed by atoms with E-state index in [1.807, 2.05) is 6.92 Å². The molecule has 1 aromatic rings. The van der Waals surface area contributed by atoms with Gasteiger partial charge in [-0.1, -0.05) is 18.2 Å². The van der Waals surface area contributed by atoms with Gasteiger partial charge in [0.2, 0.25) is 5.67 Å². The number of hydrogen-bond donors (Lipinski definition) is 0. The highest BCUT2D eigenvalue weighted by atomic mass is 19.1. The Balaban J connectivity index is 2.04. The Morgan fingerprint density at radius 2 is 2.00 bits per heavy atom. The van der Waals surface area contributed by atoms with Crippen LogP contribution in [0.25, 0.3) is 0 Å². The average Bonchev–Trinajstić information content (AvgIpc) is 2.50. The first-order valence-electron chi connectivity index (χ1n) is 7.35. The van der Waals surface area contributed by atoms with E-state index in [2.05, 4.69) is 6.07 Å². The fourth-order valence-electron chi connectivity index (χ4n) is 2.67. The summed E-state index contributed by atoms with van der Waals surface area (Å²) in [6.07, 6.45) is 1.82. The van der Waals surface area contributed by atoms with Crippen molar-refractivity contribution in [2.75, 3.05) is 0 Å². The van der Waals surface area contributed by atoms with Gasteiger partial charge in [0.1, 0.15) is 11.9 Å². The van der Waals surface area contributed by atoms with Gasteiger partial charge in [-0.3, -0.25) is 0 Å². The van der Waals surface area contributed by atoms with Crippen LogP contribution < -0.4 is 0 Å². The van der Waals surface area contributed by atoms with E-state index in [-0.39, 0.29) is 5.56 Å². The van der Waals surface area contributed by atoms with Crippen LogP contribution in [0.5, 0.6) is 0 Å². The number of halogens is 2. The van der Waals surface area contributed by atoms with E-state index in [0.29, 0.717) is 25.7 Å². The molecule has 1 fully saturated rings. The first kappa shape index (κ1) is 16.4. The second-order valence-electron chi connectivity index (χ2n) is 6.26. The Morgan fingerprint density at radius 3 is 2.55 bits per heavy atom. The van der Waals surface area contributed by atoms with Gasteiger partial charge in [0.25, 0.3) is 0 Å². The Hall–Kier alpha value is -1.96. The quantitative estimate of drug-likeness (QED) is 0.792. The van der Waals surface area contributed by atoms with Gasteiger partial charge in [-0.05, 0) is 45.6 Å². The monoisotopic (exact) mass is 307 g/mol. The molecular formula is C17H19F2NO2. The zero-order valence-electron chi connectivity index (χ0n) is 12.7. The molecule has 2 rings (SSSR count). The molecule has 0 heterocycles. The van der Waals surface area contributed by atoms with E-state index in [1.165, 1.54) is 18.2 Å². The topological polar surface area (TPSA) is 50.1 Å². The molecule has 118 valence electrons. The van der Waals surface area contributed by atoms with Gasteiger partial charge in [0.05, 0.1) is 11.5 Å². The molecule has 0 saturated heterocycles. The van der Waals surface area contributed by atoms with Gasteiger partial charge in [-0.15, -0.1) is 0 Å². The zero-order valence-corrected chi connectivity index (χ0v) is 12.7. The molecule has 0 amide bonds. The number of carbonyl (C=O) groups is 1. The molecule has 3 nitrogen and oxygen atoms in total. The minimum atomic E-state index is -2.53. The smallest absolute Gasteiger partial charge is 0.348 e. The van der Waals surface area contributed by atoms with Crippen molar-refractivity contribution in [2.45, 2.75) is 51.3 Å². The molecule has 1 atom stereocenters. The Labute approximate surface area is 128 Å². The lowest BCUT2D eigenvalue weighted by Crippen LogP contribution is -2.36. The predicted molar refractivity (Wildman–Crippen MR) is 76.9 cm³/mol. The van der Waals surface area contributed by atoms with E-state index in [0.717, 1.165) is 13.0 Å². The predicted octanol–water partition coefficient (Wildman–Crippen LogP) is 4.03. The third-order valence-corrected chi connectivity index (χ3v) is 4.34. The van der Waals surface area contributed by atoms with Crippen LogP contribution in [0.3, 0.4) is 0 Å². The summed E-state index contributed by atoms with van der Waals surface area (Å²) in [6.45, 7) is 2.87. The maximum atomic E-state index is 14.7. The minimum Gasteiger partial charge on any atom is -0.460 e. The molecule has 1 aliphatic carbocycles. The molecule has 0 aliphatic heterocycles. The molecule has 5 heteroatoms. The van der Waals surface area contributed by atoms with E-state index in [1.54, 1.807) is 0 Å². The van der Waals surface area contributed by atoms with Crippen molar-refractivity contribution in [1.82, 2.24) is 0 Å². The summed E-state index contributed by atoms with van der Waals surface area (Å²) in [5.41, 5.74) is -3.26. The summed E-state index contributed by atoms with van der Waals surface area (Å²) in [5, 5.41) is 9.07. The highest BCUT2D eigenvalue weighted by molar-refractivity contribution is 5.81. The summed E-state index contributed by atoms with van der Waals surface area (Å²) in [7, 11) is 0. The molecule has 1 aliphatic rings. The number of esters is 1. The molecule has 0 N–H and O–H groups in total. The summed E-state index contributed by atoms with van der Waals surface area (Å²) in [5.74, 6) is -1.85. The summed E-state index contributed by atoms with van der Waals surface area (Å²) < 4.78 is 33.6. The fraction of sp³-hybridized carbons (Fsp3) is 0.529. The van der Waals surface area contributed by atoms with Crippen molar-refractivity contribution >= 4 is 5.97 Å². The van der Waals surface area contributed by atoms with Crippen molar-refractivity contribution in [2.24, 2.45) is 5.41 Å². The number of nitriles is 1. The third kappa shape index (κ3) is 3.27. The van der Waals surface area contributed by atoms with Crippen molar-refractivity contribution < 1.29 is 18.3 Å². The number of ether oxygens (including phenoxy) is 1. The highest BCUT2D eigenvalue weighted by Crippen LogP contribution is 2.37. The molecule has 0 spiro atoms. The van der Waals surface area contributed by atoms with E-state index < -0.39 is 29.0 Å². The largest absolute Gasteiger partial charge is 0.460 e. The lowest BCUT2D eigenvalue weighted by Gasteiger charge is -2.32. The molecule has 0 radical (unpaired) electrons. The van der Waals surface area contributed by atoms with Crippen LogP contribution in [0.1, 0.15) is 45.1 Å². The van der Waals surface area contributed by atoms with Crippen LogP contribution in [0.2, 0.25) is 0 Å². The number of benzene rings is 1. The summed E-state index contributed by atoms with van der Waals surface area (Å²) >= 11 is 0. The first-order valence-corrected chi connectivity index (χ1v) is 7.35. The van der Waals surface area contributed by atoms with Crippen molar-refractivity contribution in [3.63, 3.8) is 0 Å². The fourth-order valence-corrected chi connectivity index (χ4v) is 2.67. The number of carbonyl (C=O) groups excluding carboxylic acids is 1. The number of alkyl halides is 1. The molecular weight excluding hydrogens is 288 g/mol. The standard InChI is InChI=1S/C17H19F2NO2/c1-16(11-20)9-7-12(8-10-16)22-15(21)17(2,19)13-5-3-4-6-14(13)18/h3-6,12H,7-10H2,1-2H3. The van der Waals surface area contributed by atoms with Gasteiger partial charge in [-0.2, -0.15) is 5.26 Å². The summed E-state index contributed by atoms with van der Waals surface area (Å²) in [6, 6.07) is 7.51. The molecule has 22 heavy (non-hydrogen) atoms. The van der Waals surface area contributed by atoms with Crippen molar-refractivity contribution in [1.29, 1.82) is 5.26 Å². The van der Waals surface area contributed by atoms with Gasteiger partial charge in [0.15, 0.2) is 0 Å². The normalized spacial score (nSPS) is 27.5. The van der Waals surface area contributed by atoms with Crippen LogP contribution >= 0.6 is 0 Å². The number of rotatable bonds is 3. The molecule has 0 aromatic heterocycles. The lowest BCUT2D eigenvalue weighted by atomic mass is 9.76. The van der Waals surface area contributed by atoms with Crippen LogP contribution in [0, 0.1) is 22.6 Å². The van der Waals surface area contributed by atoms with Crippen LogP contribution in [0.4, 0.5) is 8.78 Å². The van der Waals surface area contributed by atoms with Crippen molar-refractivity contribution in [3.8, 4) is 6.07 Å². The van der Waals surface area contributed by atoms with Crippen LogP contribution in [0.15, 0.2) is 24.3 Å².